The molecule has 4 heterocycles. The van der Waals surface area contributed by atoms with Gasteiger partial charge >= 0.3 is 0 Å². The lowest BCUT2D eigenvalue weighted by Crippen LogP contribution is -2.29. The second-order valence-electron chi connectivity index (χ2n) is 13.6. The zero-order chi connectivity index (χ0) is 35.1. The summed E-state index contributed by atoms with van der Waals surface area (Å²) in [5.41, 5.74) is 4.65. The molecule has 0 bridgehead atoms. The van der Waals surface area contributed by atoms with Crippen LogP contribution in [0.4, 0.5) is 11.5 Å². The molecule has 0 aliphatic carbocycles. The number of benzene rings is 2. The van der Waals surface area contributed by atoms with Crippen molar-refractivity contribution >= 4 is 46.2 Å². The first-order chi connectivity index (χ1) is 23.2. The highest BCUT2D eigenvalue weighted by Gasteiger charge is 2.24. The molecule has 1 atom stereocenters. The molecule has 12 nitrogen and oxygen atoms in total. The Hall–Kier alpha value is -4.79. The Labute approximate surface area is 287 Å². The number of nitrogens with one attached hydrogen (secondary N) is 1. The van der Waals surface area contributed by atoms with Crippen molar-refractivity contribution in [3.05, 3.63) is 101 Å². The molecule has 256 valence electrons. The van der Waals surface area contributed by atoms with E-state index >= 15 is 0 Å². The summed E-state index contributed by atoms with van der Waals surface area (Å²) in [7, 11) is -3.24. The summed E-state index contributed by atoms with van der Waals surface area (Å²) in [6, 6.07) is 19.2. The van der Waals surface area contributed by atoms with Crippen LogP contribution in [0.25, 0.3) is 33.4 Å². The van der Waals surface area contributed by atoms with Crippen LogP contribution in [0.5, 0.6) is 0 Å². The van der Waals surface area contributed by atoms with E-state index in [0.717, 1.165) is 28.1 Å². The van der Waals surface area contributed by atoms with Gasteiger partial charge in [0.1, 0.15) is 30.0 Å². The lowest BCUT2D eigenvalue weighted by Gasteiger charge is -2.20. The Balaban J connectivity index is 1.47. The Morgan fingerprint density at radius 1 is 1.04 bits per heavy atom. The Bertz CT molecular complexity index is 2310. The highest BCUT2D eigenvalue weighted by atomic mass is 32.2. The van der Waals surface area contributed by atoms with Crippen LogP contribution in [0, 0.1) is 6.92 Å². The quantitative estimate of drug-likeness (QED) is 0.120. The van der Waals surface area contributed by atoms with Crippen LogP contribution in [-0.4, -0.2) is 65.1 Å². The predicted octanol–water partition coefficient (Wildman–Crippen LogP) is 6.09. The molecule has 4 aromatic heterocycles. The Morgan fingerprint density at radius 3 is 2.51 bits per heavy atom. The maximum atomic E-state index is 14.0. The number of fused-ring (bicyclic) bond motifs is 2. The zero-order valence-corrected chi connectivity index (χ0v) is 30.7. The molecule has 0 saturated heterocycles. The molecule has 1 N–H and O–H groups in total. The Kier molecular flexibility index (Phi) is 9.22. The predicted molar refractivity (Wildman–Crippen MR) is 198 cm³/mol. The van der Waals surface area contributed by atoms with Crippen molar-refractivity contribution < 1.29 is 13.2 Å². The van der Waals surface area contributed by atoms with Crippen LogP contribution in [0.2, 0.25) is 25.7 Å². The van der Waals surface area contributed by atoms with E-state index in [1.165, 1.54) is 23.9 Å². The second kappa shape index (κ2) is 13.3. The van der Waals surface area contributed by atoms with Gasteiger partial charge in [-0.2, -0.15) is 5.10 Å². The third-order valence-corrected chi connectivity index (χ3v) is 11.5. The molecular weight excluding hydrogens is 657 g/mol. The van der Waals surface area contributed by atoms with Gasteiger partial charge in [-0.15, -0.1) is 0 Å². The molecule has 0 saturated carbocycles. The van der Waals surface area contributed by atoms with E-state index in [1.807, 2.05) is 79.2 Å². The number of hydrogen-bond donors (Lipinski definition) is 1. The number of ether oxygens (including phenoxy) is 1. The topological polar surface area (TPSA) is 129 Å². The van der Waals surface area contributed by atoms with Crippen molar-refractivity contribution in [3.8, 4) is 16.8 Å². The smallest absolute Gasteiger partial charge is 0.282 e. The van der Waals surface area contributed by atoms with Gasteiger partial charge in [0.05, 0.1) is 29.1 Å². The molecule has 0 aliphatic heterocycles. The minimum atomic E-state index is -3.48. The summed E-state index contributed by atoms with van der Waals surface area (Å²) in [6.45, 7) is 11.7. The number of nitrogens with zero attached hydrogens (tertiary/aromatic N) is 7. The van der Waals surface area contributed by atoms with E-state index in [9.17, 15) is 13.2 Å². The molecule has 0 fully saturated rings. The van der Waals surface area contributed by atoms with E-state index < -0.39 is 24.1 Å². The molecule has 0 aliphatic rings. The van der Waals surface area contributed by atoms with Crippen LogP contribution in [0.3, 0.4) is 0 Å². The fourth-order valence-corrected chi connectivity index (χ4v) is 7.01. The molecule has 6 aromatic rings. The largest absolute Gasteiger partial charge is 0.361 e. The van der Waals surface area contributed by atoms with Crippen molar-refractivity contribution in [1.82, 2.24) is 28.7 Å². The fourth-order valence-electron chi connectivity index (χ4n) is 5.76. The van der Waals surface area contributed by atoms with Gasteiger partial charge in [-0.05, 0) is 61.4 Å². The number of para-hydroxylation sites is 1. The molecule has 0 unspecified atom stereocenters. The van der Waals surface area contributed by atoms with Gasteiger partial charge in [0.2, 0.25) is 10.0 Å². The van der Waals surface area contributed by atoms with Crippen molar-refractivity contribution in [1.29, 1.82) is 0 Å². The lowest BCUT2D eigenvalue weighted by atomic mass is 10.1. The first-order valence-corrected chi connectivity index (χ1v) is 21.7. The van der Waals surface area contributed by atoms with Gasteiger partial charge in [-0.1, -0.05) is 50.0 Å². The molecule has 0 radical (unpaired) electrons. The molecule has 14 heteroatoms. The number of aryl methyl sites for hydroxylation is 1. The molecule has 0 amide bonds. The van der Waals surface area contributed by atoms with E-state index in [-0.39, 0.29) is 12.3 Å². The maximum Gasteiger partial charge on any atom is 0.282 e. The first-order valence-electron chi connectivity index (χ1n) is 16.1. The minimum Gasteiger partial charge on any atom is -0.361 e. The summed E-state index contributed by atoms with van der Waals surface area (Å²) >= 11 is 0. The van der Waals surface area contributed by atoms with E-state index in [1.54, 1.807) is 21.3 Å². The van der Waals surface area contributed by atoms with Crippen LogP contribution in [-0.2, 0) is 21.5 Å². The number of rotatable bonds is 12. The monoisotopic (exact) mass is 698 g/mol. The highest BCUT2D eigenvalue weighted by Crippen LogP contribution is 2.37. The van der Waals surface area contributed by atoms with Gasteiger partial charge in [-0.3, -0.25) is 13.7 Å². The van der Waals surface area contributed by atoms with Crippen molar-refractivity contribution in [2.45, 2.75) is 52.3 Å². The SMILES string of the molecule is Cc1ccn2nc([C@H](C)Nc3ncnc4c3c(-c3cccc(N(C)S(C)(=O)=O)c3)cn4COCC[Si](C)(C)C)n(-c3ccccc3)c(=O)c12. The van der Waals surface area contributed by atoms with Gasteiger partial charge in [0, 0.05) is 39.7 Å². The van der Waals surface area contributed by atoms with Crippen molar-refractivity contribution in [3.63, 3.8) is 0 Å². The van der Waals surface area contributed by atoms with E-state index in [2.05, 4.69) is 34.9 Å². The molecule has 2 aromatic carbocycles. The maximum absolute atomic E-state index is 14.0. The van der Waals surface area contributed by atoms with Gasteiger partial charge in [0.25, 0.3) is 5.56 Å². The average Bonchev–Trinajstić information content (AvgIpc) is 3.63. The molecule has 6 rings (SSSR count). The van der Waals surface area contributed by atoms with E-state index in [4.69, 9.17) is 9.84 Å². The third kappa shape index (κ3) is 7.02. The van der Waals surface area contributed by atoms with Crippen molar-refractivity contribution in [2.75, 3.05) is 29.5 Å². The number of anilines is 2. The minimum absolute atomic E-state index is 0.172. The number of aromatic nitrogens is 6. The van der Waals surface area contributed by atoms with Crippen LogP contribution < -0.4 is 15.2 Å². The van der Waals surface area contributed by atoms with Gasteiger partial charge < -0.3 is 14.6 Å². The standard InChI is InChI=1S/C35H42N8O4SSi/c1-24-16-17-42-31(24)35(44)43(27-13-9-8-10-14-27)33(39-42)25(2)38-32-30-29(26-12-11-15-28(20-26)40(3)48(4,45)46)21-41(34(30)37-22-36-32)23-47-18-19-49(5,6)7/h8-17,20-22,25H,18-19,23H2,1-7H3,(H,36,37,38)/t25-/m0/s1. The normalized spacial score (nSPS) is 12.9. The van der Waals surface area contributed by atoms with Gasteiger partial charge in [-0.25, -0.2) is 22.9 Å². The zero-order valence-electron chi connectivity index (χ0n) is 28.9. The lowest BCUT2D eigenvalue weighted by molar-refractivity contribution is 0.0899. The molecule has 0 spiro atoms. The average molecular weight is 699 g/mol. The Morgan fingerprint density at radius 2 is 1.80 bits per heavy atom. The van der Waals surface area contributed by atoms with Crippen LogP contribution in [0.15, 0.2) is 84.2 Å². The summed E-state index contributed by atoms with van der Waals surface area (Å²) in [4.78, 5) is 23.3. The summed E-state index contributed by atoms with van der Waals surface area (Å²) in [6.07, 6.45) is 6.44. The summed E-state index contributed by atoms with van der Waals surface area (Å²) in [5.74, 6) is 1.03. The molecule has 49 heavy (non-hydrogen) atoms. The van der Waals surface area contributed by atoms with Crippen molar-refractivity contribution in [2.24, 2.45) is 0 Å². The molecular formula is C35H42N8O4SSi. The summed E-state index contributed by atoms with van der Waals surface area (Å²) < 4.78 is 37.4. The third-order valence-electron chi connectivity index (χ3n) is 8.57. The van der Waals surface area contributed by atoms with Crippen LogP contribution in [0.1, 0.15) is 24.4 Å². The highest BCUT2D eigenvalue weighted by molar-refractivity contribution is 7.92. The van der Waals surface area contributed by atoms with E-state index in [0.29, 0.717) is 40.8 Å². The summed E-state index contributed by atoms with van der Waals surface area (Å²) in [5, 5.41) is 9.18. The van der Waals surface area contributed by atoms with Crippen LogP contribution >= 0.6 is 0 Å². The van der Waals surface area contributed by atoms with Gasteiger partial charge in [0.15, 0.2) is 5.82 Å². The first kappa shape index (κ1) is 34.1. The number of sulfonamides is 1. The number of hydrogen-bond acceptors (Lipinski definition) is 8. The second-order valence-corrected chi connectivity index (χ2v) is 21.2. The fraction of sp³-hybridized carbons (Fsp3) is 0.314.